The van der Waals surface area contributed by atoms with Crippen LogP contribution in [0.4, 0.5) is 5.69 Å². The van der Waals surface area contributed by atoms with E-state index in [1.807, 2.05) is 13.8 Å². The number of nitro benzene ring substituents is 1. The summed E-state index contributed by atoms with van der Waals surface area (Å²) < 4.78 is 12.6. The van der Waals surface area contributed by atoms with Crippen molar-refractivity contribution in [1.29, 1.82) is 0 Å². The minimum Gasteiger partial charge on any atom is -0.394 e. The van der Waals surface area contributed by atoms with E-state index in [1.165, 1.54) is 12.3 Å². The van der Waals surface area contributed by atoms with E-state index in [0.29, 0.717) is 5.56 Å². The van der Waals surface area contributed by atoms with E-state index in [0.717, 1.165) is 10.1 Å². The Morgan fingerprint density at radius 3 is 2.69 bits per heavy atom. The molecule has 1 unspecified atom stereocenters. The molecule has 0 amide bonds. The van der Waals surface area contributed by atoms with Crippen molar-refractivity contribution in [3.63, 3.8) is 0 Å². The van der Waals surface area contributed by atoms with Crippen LogP contribution in [0.2, 0.25) is 0 Å². The molecule has 0 radical (unpaired) electrons. The van der Waals surface area contributed by atoms with Crippen LogP contribution in [-0.4, -0.2) is 43.5 Å². The van der Waals surface area contributed by atoms with Crippen LogP contribution in [0, 0.1) is 23.0 Å². The number of hydrogen-bond acceptors (Lipinski definition) is 8. The van der Waals surface area contributed by atoms with Crippen molar-refractivity contribution < 1.29 is 24.6 Å². The van der Waals surface area contributed by atoms with Crippen LogP contribution in [0.25, 0.3) is 0 Å². The highest BCUT2D eigenvalue weighted by Crippen LogP contribution is 2.34. The van der Waals surface area contributed by atoms with Crippen LogP contribution in [0.1, 0.15) is 49.3 Å². The second-order valence-electron chi connectivity index (χ2n) is 8.23. The fourth-order valence-corrected chi connectivity index (χ4v) is 3.77. The average Bonchev–Trinajstić information content (AvgIpc) is 3.10. The standard InChI is InChI=1S/C21H27N3O8/c1-11(2)19(14-5-4-12(3)6-15(14)24(29)30)31-10-13-8-23(21(28)22-20(13)27)18-7-16(26)17(9-25)32-18/h4-6,8,11,16-19,25-26H,7,9-10H2,1-3H3,(H,22,27,28)/t16-,17-,18-,19?/m1/s1. The van der Waals surface area contributed by atoms with Gasteiger partial charge in [0.25, 0.3) is 11.2 Å². The summed E-state index contributed by atoms with van der Waals surface area (Å²) in [6.45, 7) is 4.85. The first kappa shape index (κ1) is 23.8. The van der Waals surface area contributed by atoms with E-state index < -0.39 is 47.3 Å². The maximum Gasteiger partial charge on any atom is 0.330 e. The lowest BCUT2D eigenvalue weighted by Crippen LogP contribution is -2.34. The van der Waals surface area contributed by atoms with Gasteiger partial charge in [-0.05, 0) is 24.5 Å². The number of H-pyrrole nitrogens is 1. The third-order valence-electron chi connectivity index (χ3n) is 5.45. The summed E-state index contributed by atoms with van der Waals surface area (Å²) in [4.78, 5) is 37.9. The largest absolute Gasteiger partial charge is 0.394 e. The molecule has 2 aromatic rings. The quantitative estimate of drug-likeness (QED) is 0.402. The van der Waals surface area contributed by atoms with Crippen LogP contribution in [0.15, 0.2) is 34.0 Å². The molecule has 3 rings (SSSR count). The third kappa shape index (κ3) is 4.96. The average molecular weight is 449 g/mol. The van der Waals surface area contributed by atoms with E-state index in [9.17, 15) is 29.9 Å². The van der Waals surface area contributed by atoms with Crippen molar-refractivity contribution >= 4 is 5.69 Å². The molecule has 1 aliphatic heterocycles. The number of aromatic amines is 1. The number of nitrogens with zero attached hydrogens (tertiary/aromatic N) is 2. The maximum atomic E-state index is 12.3. The highest BCUT2D eigenvalue weighted by Gasteiger charge is 2.35. The molecule has 0 saturated carbocycles. The van der Waals surface area contributed by atoms with Crippen molar-refractivity contribution in [3.8, 4) is 0 Å². The van der Waals surface area contributed by atoms with Crippen molar-refractivity contribution in [2.45, 2.75) is 58.3 Å². The predicted molar refractivity (Wildman–Crippen MR) is 113 cm³/mol. The number of aromatic nitrogens is 2. The maximum absolute atomic E-state index is 12.3. The molecule has 0 spiro atoms. The molecule has 1 fully saturated rings. The number of aryl methyl sites for hydroxylation is 1. The Bertz CT molecular complexity index is 1090. The number of nitro groups is 1. The molecule has 11 heteroatoms. The number of aliphatic hydroxyl groups excluding tert-OH is 2. The molecule has 1 aromatic carbocycles. The monoisotopic (exact) mass is 449 g/mol. The summed E-state index contributed by atoms with van der Waals surface area (Å²) in [6.07, 6.45) is -1.94. The van der Waals surface area contributed by atoms with Gasteiger partial charge in [0.15, 0.2) is 0 Å². The Morgan fingerprint density at radius 1 is 1.38 bits per heavy atom. The van der Waals surface area contributed by atoms with Crippen LogP contribution in [-0.2, 0) is 16.1 Å². The van der Waals surface area contributed by atoms with E-state index in [2.05, 4.69) is 4.98 Å². The normalized spacial score (nSPS) is 21.8. The number of hydrogen-bond donors (Lipinski definition) is 3. The Morgan fingerprint density at radius 2 is 2.09 bits per heavy atom. The van der Waals surface area contributed by atoms with Gasteiger partial charge in [-0.25, -0.2) is 4.79 Å². The summed E-state index contributed by atoms with van der Waals surface area (Å²) in [5.41, 5.74) is -0.171. The number of nitrogens with one attached hydrogen (secondary N) is 1. The third-order valence-corrected chi connectivity index (χ3v) is 5.45. The molecule has 1 saturated heterocycles. The molecule has 32 heavy (non-hydrogen) atoms. The number of rotatable bonds is 8. The first-order valence-electron chi connectivity index (χ1n) is 10.3. The lowest BCUT2D eigenvalue weighted by atomic mass is 9.96. The molecule has 1 aromatic heterocycles. The van der Waals surface area contributed by atoms with Crippen molar-refractivity contribution in [1.82, 2.24) is 9.55 Å². The zero-order valence-electron chi connectivity index (χ0n) is 18.1. The minimum absolute atomic E-state index is 0.0639. The molecule has 2 heterocycles. The zero-order valence-corrected chi connectivity index (χ0v) is 18.1. The van der Waals surface area contributed by atoms with Gasteiger partial charge in [0, 0.05) is 18.7 Å². The lowest BCUT2D eigenvalue weighted by Gasteiger charge is -2.22. The highest BCUT2D eigenvalue weighted by atomic mass is 16.6. The number of ether oxygens (including phenoxy) is 2. The smallest absolute Gasteiger partial charge is 0.330 e. The van der Waals surface area contributed by atoms with Crippen LogP contribution in [0.5, 0.6) is 0 Å². The summed E-state index contributed by atoms with van der Waals surface area (Å²) in [5, 5.41) is 30.7. The number of aliphatic hydroxyl groups is 2. The van der Waals surface area contributed by atoms with Gasteiger partial charge in [-0.2, -0.15) is 0 Å². The molecule has 3 N–H and O–H groups in total. The lowest BCUT2D eigenvalue weighted by molar-refractivity contribution is -0.386. The predicted octanol–water partition coefficient (Wildman–Crippen LogP) is 1.31. The highest BCUT2D eigenvalue weighted by molar-refractivity contribution is 5.44. The SMILES string of the molecule is Cc1ccc(C(OCc2cn([C@H]3C[C@@H](O)[C@@H](CO)O3)c(=O)[nH]c2=O)C(C)C)c([N+](=O)[O-])c1. The molecule has 0 aliphatic carbocycles. The first-order valence-corrected chi connectivity index (χ1v) is 10.3. The van der Waals surface area contributed by atoms with Gasteiger partial charge >= 0.3 is 5.69 Å². The van der Waals surface area contributed by atoms with E-state index in [1.54, 1.807) is 19.1 Å². The van der Waals surface area contributed by atoms with Crippen molar-refractivity contribution in [2.75, 3.05) is 6.61 Å². The summed E-state index contributed by atoms with van der Waals surface area (Å²) in [6, 6.07) is 4.88. The van der Waals surface area contributed by atoms with E-state index >= 15 is 0 Å². The summed E-state index contributed by atoms with van der Waals surface area (Å²) in [5.74, 6) is -0.139. The van der Waals surface area contributed by atoms with Crippen molar-refractivity contribution in [2.24, 2.45) is 5.92 Å². The second kappa shape index (κ2) is 9.74. The number of benzene rings is 1. The zero-order chi connectivity index (χ0) is 23.6. The van der Waals surface area contributed by atoms with E-state index in [4.69, 9.17) is 9.47 Å². The van der Waals surface area contributed by atoms with Gasteiger partial charge in [0.05, 0.1) is 41.5 Å². The topological polar surface area (TPSA) is 157 Å². The first-order chi connectivity index (χ1) is 15.1. The molecular formula is C21H27N3O8. The van der Waals surface area contributed by atoms with Crippen LogP contribution in [0.3, 0.4) is 0 Å². The van der Waals surface area contributed by atoms with Crippen LogP contribution >= 0.6 is 0 Å². The summed E-state index contributed by atoms with van der Waals surface area (Å²) >= 11 is 0. The minimum atomic E-state index is -0.948. The van der Waals surface area contributed by atoms with Gasteiger partial charge in [0.1, 0.15) is 12.3 Å². The van der Waals surface area contributed by atoms with Crippen LogP contribution < -0.4 is 11.2 Å². The molecule has 0 bridgehead atoms. The van der Waals surface area contributed by atoms with Gasteiger partial charge in [-0.3, -0.25) is 24.5 Å². The van der Waals surface area contributed by atoms with E-state index in [-0.39, 0.29) is 30.2 Å². The molecule has 4 atom stereocenters. The Kier molecular flexibility index (Phi) is 7.24. The van der Waals surface area contributed by atoms with Gasteiger partial charge in [-0.1, -0.05) is 19.9 Å². The molecule has 11 nitrogen and oxygen atoms in total. The fraction of sp³-hybridized carbons (Fsp3) is 0.524. The molecular weight excluding hydrogens is 422 g/mol. The Balaban J connectivity index is 1.88. The molecule has 1 aliphatic rings. The van der Waals surface area contributed by atoms with Crippen molar-refractivity contribution in [3.05, 3.63) is 72.0 Å². The molecule has 174 valence electrons. The second-order valence-corrected chi connectivity index (χ2v) is 8.23. The fourth-order valence-electron chi connectivity index (χ4n) is 3.77. The summed E-state index contributed by atoms with van der Waals surface area (Å²) in [7, 11) is 0. The van der Waals surface area contributed by atoms with Gasteiger partial charge in [-0.15, -0.1) is 0 Å². The van der Waals surface area contributed by atoms with Gasteiger partial charge in [0.2, 0.25) is 0 Å². The Hall–Kier alpha value is -2.86. The Labute approximate surface area is 183 Å². The van der Waals surface area contributed by atoms with Gasteiger partial charge < -0.3 is 19.7 Å².